The van der Waals surface area contributed by atoms with Gasteiger partial charge in [-0.1, -0.05) is 117 Å². The number of para-hydroxylation sites is 1. The van der Waals surface area contributed by atoms with Gasteiger partial charge in [0.05, 0.1) is 5.69 Å². The molecule has 8 aromatic rings. The van der Waals surface area contributed by atoms with Crippen LogP contribution in [0.1, 0.15) is 25.0 Å². The molecule has 0 unspecified atom stereocenters. The normalized spacial score (nSPS) is 13.5. The van der Waals surface area contributed by atoms with Crippen LogP contribution in [0.5, 0.6) is 0 Å². The molecule has 0 spiro atoms. The minimum absolute atomic E-state index is 0.0724. The Hall–Kier alpha value is -4.92. The Kier molecular flexibility index (Phi) is 5.18. The Morgan fingerprint density at radius 3 is 2.09 bits per heavy atom. The molecule has 43 heavy (non-hydrogen) atoms. The third-order valence-electron chi connectivity index (χ3n) is 9.41. The van der Waals surface area contributed by atoms with E-state index in [0.717, 1.165) is 5.69 Å². The summed E-state index contributed by atoms with van der Waals surface area (Å²) in [5.74, 6) is 0. The number of anilines is 3. The standard InChI is InChI=1S/C41H29NS/c1-41(2)34-18-10-8-16-31(34)32-23-22-29(25-35(32)41)42(28-13-4-3-5-14-28)36-24-27-21-20-26-12-6-7-15-30(26)38(27)40-39(36)33-17-9-11-19-37(33)43-40/h3-25H,1-2H3. The monoisotopic (exact) mass is 567 g/mol. The zero-order chi connectivity index (χ0) is 28.7. The summed E-state index contributed by atoms with van der Waals surface area (Å²) in [6.07, 6.45) is 0. The van der Waals surface area contributed by atoms with Crippen LogP contribution >= 0.6 is 11.3 Å². The Bertz CT molecular complexity index is 2380. The minimum atomic E-state index is -0.0724. The molecule has 204 valence electrons. The van der Waals surface area contributed by atoms with Crippen molar-refractivity contribution in [2.45, 2.75) is 19.3 Å². The quantitative estimate of drug-likeness (QED) is 0.192. The van der Waals surface area contributed by atoms with Gasteiger partial charge in [0.15, 0.2) is 0 Å². The molecule has 0 atom stereocenters. The van der Waals surface area contributed by atoms with E-state index >= 15 is 0 Å². The van der Waals surface area contributed by atoms with Gasteiger partial charge in [0, 0.05) is 42.3 Å². The van der Waals surface area contributed by atoms with E-state index in [1.54, 1.807) is 0 Å². The lowest BCUT2D eigenvalue weighted by molar-refractivity contribution is 0.660. The summed E-state index contributed by atoms with van der Waals surface area (Å²) in [4.78, 5) is 2.48. The molecule has 1 heterocycles. The van der Waals surface area contributed by atoms with E-state index in [1.165, 1.54) is 75.3 Å². The van der Waals surface area contributed by atoms with E-state index in [0.29, 0.717) is 0 Å². The number of nitrogens with zero attached hydrogens (tertiary/aromatic N) is 1. The summed E-state index contributed by atoms with van der Waals surface area (Å²) in [6.45, 7) is 4.72. The molecule has 1 aliphatic rings. The minimum Gasteiger partial charge on any atom is -0.310 e. The van der Waals surface area contributed by atoms with Gasteiger partial charge in [-0.25, -0.2) is 0 Å². The predicted molar refractivity (Wildman–Crippen MR) is 187 cm³/mol. The number of hydrogen-bond acceptors (Lipinski definition) is 2. The van der Waals surface area contributed by atoms with Crippen LogP contribution in [0.15, 0.2) is 140 Å². The van der Waals surface area contributed by atoms with E-state index in [1.807, 2.05) is 11.3 Å². The SMILES string of the molecule is CC1(C)c2ccccc2-c2ccc(N(c3ccccc3)c3cc4ccc5ccccc5c4c4sc5ccccc5c34)cc21. The summed E-state index contributed by atoms with van der Waals surface area (Å²) in [6, 6.07) is 51.5. The Morgan fingerprint density at radius 2 is 1.21 bits per heavy atom. The molecule has 2 heteroatoms. The van der Waals surface area contributed by atoms with Crippen molar-refractivity contribution in [2.75, 3.05) is 4.90 Å². The lowest BCUT2D eigenvalue weighted by atomic mass is 9.82. The van der Waals surface area contributed by atoms with Crippen LogP contribution in [-0.4, -0.2) is 0 Å². The van der Waals surface area contributed by atoms with Crippen molar-refractivity contribution in [3.63, 3.8) is 0 Å². The fourth-order valence-corrected chi connectivity index (χ4v) is 8.66. The smallest absolute Gasteiger partial charge is 0.0561 e. The summed E-state index contributed by atoms with van der Waals surface area (Å²) >= 11 is 1.91. The molecule has 0 radical (unpaired) electrons. The highest BCUT2D eigenvalue weighted by molar-refractivity contribution is 7.27. The van der Waals surface area contributed by atoms with Gasteiger partial charge in [0.2, 0.25) is 0 Å². The summed E-state index contributed by atoms with van der Waals surface area (Å²) in [5.41, 5.74) is 8.96. The first kappa shape index (κ1) is 24.7. The first-order chi connectivity index (χ1) is 21.1. The molecule has 0 amide bonds. The molecule has 0 saturated heterocycles. The molecule has 9 rings (SSSR count). The van der Waals surface area contributed by atoms with Gasteiger partial charge in [-0.3, -0.25) is 0 Å². The molecular formula is C41H29NS. The van der Waals surface area contributed by atoms with Gasteiger partial charge in [0.25, 0.3) is 0 Å². The maximum absolute atomic E-state index is 2.48. The average Bonchev–Trinajstić information content (AvgIpc) is 3.55. The number of rotatable bonds is 3. The second-order valence-electron chi connectivity index (χ2n) is 12.2. The zero-order valence-corrected chi connectivity index (χ0v) is 25.0. The Morgan fingerprint density at radius 1 is 0.512 bits per heavy atom. The molecule has 1 aliphatic carbocycles. The van der Waals surface area contributed by atoms with Crippen LogP contribution in [0.4, 0.5) is 17.1 Å². The summed E-state index contributed by atoms with van der Waals surface area (Å²) in [5, 5.41) is 7.82. The highest BCUT2D eigenvalue weighted by atomic mass is 32.1. The van der Waals surface area contributed by atoms with Gasteiger partial charge in [-0.2, -0.15) is 0 Å². The van der Waals surface area contributed by atoms with Gasteiger partial charge >= 0.3 is 0 Å². The average molecular weight is 568 g/mol. The van der Waals surface area contributed by atoms with Crippen molar-refractivity contribution in [2.24, 2.45) is 0 Å². The van der Waals surface area contributed by atoms with E-state index in [4.69, 9.17) is 0 Å². The van der Waals surface area contributed by atoms with Crippen molar-refractivity contribution in [3.8, 4) is 11.1 Å². The van der Waals surface area contributed by atoms with E-state index < -0.39 is 0 Å². The summed E-state index contributed by atoms with van der Waals surface area (Å²) < 4.78 is 2.66. The predicted octanol–water partition coefficient (Wildman–Crippen LogP) is 12.1. The maximum Gasteiger partial charge on any atom is 0.0561 e. The largest absolute Gasteiger partial charge is 0.310 e. The number of fused-ring (bicyclic) bond motifs is 10. The van der Waals surface area contributed by atoms with Crippen molar-refractivity contribution in [3.05, 3.63) is 151 Å². The molecule has 0 fully saturated rings. The van der Waals surface area contributed by atoms with Crippen molar-refractivity contribution < 1.29 is 0 Å². The highest BCUT2D eigenvalue weighted by Gasteiger charge is 2.36. The number of thiophene rings is 1. The molecule has 0 aliphatic heterocycles. The lowest BCUT2D eigenvalue weighted by Crippen LogP contribution is -2.16. The van der Waals surface area contributed by atoms with Crippen LogP contribution in [-0.2, 0) is 5.41 Å². The van der Waals surface area contributed by atoms with Crippen molar-refractivity contribution >= 4 is 70.1 Å². The first-order valence-corrected chi connectivity index (χ1v) is 15.8. The molecule has 0 saturated carbocycles. The van der Waals surface area contributed by atoms with Gasteiger partial charge < -0.3 is 4.90 Å². The third-order valence-corrected chi connectivity index (χ3v) is 10.6. The molecule has 0 bridgehead atoms. The van der Waals surface area contributed by atoms with Crippen LogP contribution in [0.3, 0.4) is 0 Å². The van der Waals surface area contributed by atoms with E-state index in [-0.39, 0.29) is 5.41 Å². The number of hydrogen-bond donors (Lipinski definition) is 0. The molecule has 1 nitrogen and oxygen atoms in total. The van der Waals surface area contributed by atoms with Crippen molar-refractivity contribution in [1.82, 2.24) is 0 Å². The topological polar surface area (TPSA) is 3.24 Å². The van der Waals surface area contributed by atoms with Crippen LogP contribution in [0.2, 0.25) is 0 Å². The van der Waals surface area contributed by atoms with Crippen LogP contribution < -0.4 is 4.90 Å². The fraction of sp³-hybridized carbons (Fsp3) is 0.0732. The molecule has 0 N–H and O–H groups in total. The second kappa shape index (κ2) is 9.04. The molecular weight excluding hydrogens is 539 g/mol. The third kappa shape index (κ3) is 3.51. The van der Waals surface area contributed by atoms with Crippen LogP contribution in [0.25, 0.3) is 52.8 Å². The zero-order valence-electron chi connectivity index (χ0n) is 24.1. The van der Waals surface area contributed by atoms with Gasteiger partial charge in [-0.15, -0.1) is 11.3 Å². The molecule has 7 aromatic carbocycles. The highest BCUT2D eigenvalue weighted by Crippen LogP contribution is 2.53. The van der Waals surface area contributed by atoms with E-state index in [2.05, 4.69) is 158 Å². The van der Waals surface area contributed by atoms with Gasteiger partial charge in [-0.05, 0) is 74.8 Å². The van der Waals surface area contributed by atoms with Gasteiger partial charge in [0.1, 0.15) is 0 Å². The number of benzene rings is 7. The first-order valence-electron chi connectivity index (χ1n) is 14.9. The fourth-order valence-electron chi connectivity index (χ4n) is 7.37. The second-order valence-corrected chi connectivity index (χ2v) is 13.2. The maximum atomic E-state index is 2.48. The Balaban J connectivity index is 1.39. The lowest BCUT2D eigenvalue weighted by Gasteiger charge is -2.29. The Labute approximate surface area is 255 Å². The molecule has 1 aromatic heterocycles. The van der Waals surface area contributed by atoms with E-state index in [9.17, 15) is 0 Å². The van der Waals surface area contributed by atoms with Crippen molar-refractivity contribution in [1.29, 1.82) is 0 Å². The summed E-state index contributed by atoms with van der Waals surface area (Å²) in [7, 11) is 0. The van der Waals surface area contributed by atoms with Crippen LogP contribution in [0, 0.1) is 0 Å².